The minimum atomic E-state index is -4.71. The van der Waals surface area contributed by atoms with E-state index in [1.165, 1.54) is 19.1 Å². The van der Waals surface area contributed by atoms with Crippen molar-refractivity contribution in [3.05, 3.63) is 106 Å². The lowest BCUT2D eigenvalue weighted by Gasteiger charge is -2.15. The van der Waals surface area contributed by atoms with Crippen molar-refractivity contribution in [2.45, 2.75) is 13.1 Å². The van der Waals surface area contributed by atoms with Crippen LogP contribution >= 0.6 is 0 Å². The number of fused-ring (bicyclic) bond motifs is 1. The number of carbonyl (C=O) groups is 1. The van der Waals surface area contributed by atoms with Gasteiger partial charge in [-0.2, -0.15) is 23.0 Å². The molecule has 0 atom stereocenters. The second-order valence-electron chi connectivity index (χ2n) is 8.07. The third kappa shape index (κ3) is 4.79. The van der Waals surface area contributed by atoms with Crippen molar-refractivity contribution in [1.29, 1.82) is 0 Å². The van der Waals surface area contributed by atoms with Crippen LogP contribution in [0.1, 0.15) is 21.6 Å². The van der Waals surface area contributed by atoms with Crippen LogP contribution in [0.5, 0.6) is 11.5 Å². The van der Waals surface area contributed by atoms with Gasteiger partial charge in [0.15, 0.2) is 5.69 Å². The van der Waals surface area contributed by atoms with Crippen molar-refractivity contribution in [2.75, 3.05) is 5.32 Å². The Hall–Kier alpha value is -4.93. The molecule has 1 amide bonds. The summed E-state index contributed by atoms with van der Waals surface area (Å²) in [6, 6.07) is 15.7. The summed E-state index contributed by atoms with van der Waals surface area (Å²) in [6.07, 6.45) is -1.34. The van der Waals surface area contributed by atoms with Gasteiger partial charge in [0.05, 0.1) is 16.6 Å². The quantitative estimate of drug-likeness (QED) is 0.329. The number of alkyl halides is 3. The number of rotatable bonds is 5. The molecule has 186 valence electrons. The maximum atomic E-state index is 13.5. The lowest BCUT2D eigenvalue weighted by atomic mass is 10.1. The SMILES string of the molecule is Cc1cc(=O)n(-c2ccccc2C(F)(F)F)nc1C(=O)Nc1ccc(Oc2ccnc3[nH]ccc23)cc1. The fourth-order valence-electron chi connectivity index (χ4n) is 3.79. The topological polar surface area (TPSA) is 102 Å². The number of benzene rings is 2. The van der Waals surface area contributed by atoms with E-state index in [1.807, 2.05) is 6.07 Å². The molecule has 5 aromatic rings. The van der Waals surface area contributed by atoms with E-state index in [0.29, 0.717) is 27.5 Å². The van der Waals surface area contributed by atoms with Gasteiger partial charge in [0.1, 0.15) is 17.1 Å². The van der Waals surface area contributed by atoms with E-state index in [9.17, 15) is 22.8 Å². The van der Waals surface area contributed by atoms with E-state index in [-0.39, 0.29) is 11.3 Å². The Morgan fingerprint density at radius 1 is 1.05 bits per heavy atom. The zero-order valence-corrected chi connectivity index (χ0v) is 19.2. The van der Waals surface area contributed by atoms with Gasteiger partial charge < -0.3 is 15.0 Å². The summed E-state index contributed by atoms with van der Waals surface area (Å²) in [5.41, 5.74) is -1.19. The number of carbonyl (C=O) groups excluding carboxylic acids is 1. The van der Waals surface area contributed by atoms with Gasteiger partial charge in [0.25, 0.3) is 11.5 Å². The standard InChI is InChI=1S/C26H18F3N5O3/c1-15-14-22(35)34(20-5-3-2-4-19(20)26(27,28)29)33-23(15)25(36)32-16-6-8-17(9-7-16)37-21-11-13-31-24-18(21)10-12-30-24/h2-14H,1H3,(H,30,31)(H,32,36). The molecule has 2 aromatic carbocycles. The van der Waals surface area contributed by atoms with Crippen LogP contribution in [-0.4, -0.2) is 25.7 Å². The highest BCUT2D eigenvalue weighted by Crippen LogP contribution is 2.33. The number of nitrogens with zero attached hydrogens (tertiary/aromatic N) is 3. The molecule has 8 nitrogen and oxygen atoms in total. The Bertz CT molecular complexity index is 1670. The number of hydrogen-bond donors (Lipinski definition) is 2. The number of para-hydroxylation sites is 1. The van der Waals surface area contributed by atoms with Crippen LogP contribution in [0, 0.1) is 6.92 Å². The molecule has 37 heavy (non-hydrogen) atoms. The second-order valence-corrected chi connectivity index (χ2v) is 8.07. The zero-order chi connectivity index (χ0) is 26.2. The van der Waals surface area contributed by atoms with E-state index >= 15 is 0 Å². The first kappa shape index (κ1) is 23.8. The number of ether oxygens (including phenoxy) is 1. The van der Waals surface area contributed by atoms with Gasteiger partial charge in [-0.1, -0.05) is 12.1 Å². The summed E-state index contributed by atoms with van der Waals surface area (Å²) in [6.45, 7) is 1.48. The summed E-state index contributed by atoms with van der Waals surface area (Å²) in [4.78, 5) is 32.6. The predicted octanol–water partition coefficient (Wildman–Crippen LogP) is 5.48. The van der Waals surface area contributed by atoms with Crippen molar-refractivity contribution in [1.82, 2.24) is 19.7 Å². The molecule has 3 heterocycles. The van der Waals surface area contributed by atoms with Gasteiger partial charge in [-0.15, -0.1) is 0 Å². The van der Waals surface area contributed by atoms with Crippen LogP contribution in [0.25, 0.3) is 16.7 Å². The Morgan fingerprint density at radius 3 is 2.57 bits per heavy atom. The maximum absolute atomic E-state index is 13.5. The number of H-pyrrole nitrogens is 1. The fourth-order valence-corrected chi connectivity index (χ4v) is 3.79. The summed E-state index contributed by atoms with van der Waals surface area (Å²) in [5, 5.41) is 7.43. The number of hydrogen-bond acceptors (Lipinski definition) is 5. The number of anilines is 1. The van der Waals surface area contributed by atoms with Crippen molar-refractivity contribution in [3.8, 4) is 17.2 Å². The molecular formula is C26H18F3N5O3. The Labute approximate surface area is 207 Å². The molecule has 0 unspecified atom stereocenters. The minimum Gasteiger partial charge on any atom is -0.457 e. The molecule has 0 aliphatic carbocycles. The predicted molar refractivity (Wildman–Crippen MR) is 130 cm³/mol. The van der Waals surface area contributed by atoms with E-state index < -0.39 is 28.9 Å². The molecule has 0 saturated carbocycles. The lowest BCUT2D eigenvalue weighted by Crippen LogP contribution is -2.28. The number of aromatic nitrogens is 4. The van der Waals surface area contributed by atoms with Gasteiger partial charge in [-0.05, 0) is 61.0 Å². The summed E-state index contributed by atoms with van der Waals surface area (Å²) < 4.78 is 47.0. The summed E-state index contributed by atoms with van der Waals surface area (Å²) in [7, 11) is 0. The molecular weight excluding hydrogens is 487 g/mol. The molecule has 0 aliphatic heterocycles. The molecule has 0 bridgehead atoms. The van der Waals surface area contributed by atoms with Crippen LogP contribution in [0.4, 0.5) is 18.9 Å². The molecule has 2 N–H and O–H groups in total. The lowest BCUT2D eigenvalue weighted by molar-refractivity contribution is -0.137. The molecule has 0 radical (unpaired) electrons. The number of nitrogens with one attached hydrogen (secondary N) is 2. The molecule has 0 aliphatic rings. The minimum absolute atomic E-state index is 0.191. The largest absolute Gasteiger partial charge is 0.457 e. The average Bonchev–Trinajstić information content (AvgIpc) is 3.35. The van der Waals surface area contributed by atoms with Crippen LogP contribution in [0.15, 0.2) is 83.9 Å². The third-order valence-electron chi connectivity index (χ3n) is 5.54. The van der Waals surface area contributed by atoms with Gasteiger partial charge in [-0.3, -0.25) is 9.59 Å². The zero-order valence-electron chi connectivity index (χ0n) is 19.2. The monoisotopic (exact) mass is 505 g/mol. The van der Waals surface area contributed by atoms with Gasteiger partial charge in [-0.25, -0.2) is 4.98 Å². The van der Waals surface area contributed by atoms with Crippen LogP contribution in [0.3, 0.4) is 0 Å². The van der Waals surface area contributed by atoms with Crippen LogP contribution in [0.2, 0.25) is 0 Å². The smallest absolute Gasteiger partial charge is 0.418 e. The van der Waals surface area contributed by atoms with E-state index in [2.05, 4.69) is 20.4 Å². The molecule has 0 saturated heterocycles. The van der Waals surface area contributed by atoms with Crippen molar-refractivity contribution >= 4 is 22.6 Å². The van der Waals surface area contributed by atoms with E-state index in [1.54, 1.807) is 42.7 Å². The molecule has 0 fully saturated rings. The van der Waals surface area contributed by atoms with Crippen molar-refractivity contribution in [3.63, 3.8) is 0 Å². The normalized spacial score (nSPS) is 11.5. The first-order chi connectivity index (χ1) is 17.7. The molecule has 5 rings (SSSR count). The second kappa shape index (κ2) is 9.26. The number of pyridine rings is 1. The Kier molecular flexibility index (Phi) is 5.96. The molecule has 3 aromatic heterocycles. The third-order valence-corrected chi connectivity index (χ3v) is 5.54. The summed E-state index contributed by atoms with van der Waals surface area (Å²) >= 11 is 0. The summed E-state index contributed by atoms with van der Waals surface area (Å²) in [5.74, 6) is 0.426. The van der Waals surface area contributed by atoms with Gasteiger partial charge in [0.2, 0.25) is 0 Å². The fraction of sp³-hybridized carbons (Fsp3) is 0.0769. The average molecular weight is 505 g/mol. The van der Waals surface area contributed by atoms with Crippen LogP contribution in [-0.2, 0) is 6.18 Å². The first-order valence-electron chi connectivity index (χ1n) is 11.0. The molecule has 11 heteroatoms. The maximum Gasteiger partial charge on any atom is 0.418 e. The number of amides is 1. The highest BCUT2D eigenvalue weighted by Gasteiger charge is 2.34. The van der Waals surface area contributed by atoms with Gasteiger partial charge in [0, 0.05) is 24.1 Å². The Balaban J connectivity index is 1.39. The van der Waals surface area contributed by atoms with Crippen molar-refractivity contribution in [2.24, 2.45) is 0 Å². The number of aryl methyl sites for hydroxylation is 1. The first-order valence-corrected chi connectivity index (χ1v) is 11.0. The van der Waals surface area contributed by atoms with E-state index in [0.717, 1.165) is 23.6 Å². The highest BCUT2D eigenvalue weighted by atomic mass is 19.4. The highest BCUT2D eigenvalue weighted by molar-refractivity contribution is 6.03. The molecule has 0 spiro atoms. The van der Waals surface area contributed by atoms with Gasteiger partial charge >= 0.3 is 6.18 Å². The number of aromatic amines is 1. The van der Waals surface area contributed by atoms with Crippen molar-refractivity contribution < 1.29 is 22.7 Å². The van der Waals surface area contributed by atoms with Crippen LogP contribution < -0.4 is 15.6 Å². The number of halogens is 3. The Morgan fingerprint density at radius 2 is 1.81 bits per heavy atom. The van der Waals surface area contributed by atoms with E-state index in [4.69, 9.17) is 4.74 Å².